The Hall–Kier alpha value is -1.76. The van der Waals surface area contributed by atoms with Crippen molar-refractivity contribution in [2.24, 2.45) is 0 Å². The summed E-state index contributed by atoms with van der Waals surface area (Å²) in [5.41, 5.74) is 0.821. The summed E-state index contributed by atoms with van der Waals surface area (Å²) in [5, 5.41) is 3.15. The second-order valence-corrected chi connectivity index (χ2v) is 6.94. The maximum atomic E-state index is 12.3. The van der Waals surface area contributed by atoms with Crippen molar-refractivity contribution in [1.82, 2.24) is 0 Å². The fourth-order valence-electron chi connectivity index (χ4n) is 1.69. The number of amides is 1. The molecule has 2 aromatic rings. The first-order valence-electron chi connectivity index (χ1n) is 6.13. The summed E-state index contributed by atoms with van der Waals surface area (Å²) in [7, 11) is -3.75. The average molecular weight is 359 g/mol. The zero-order chi connectivity index (χ0) is 16.3. The normalized spacial score (nSPS) is 11.0. The van der Waals surface area contributed by atoms with Crippen molar-refractivity contribution in [3.63, 3.8) is 0 Å². The maximum Gasteiger partial charge on any atom is 0.261 e. The Morgan fingerprint density at radius 1 is 0.955 bits per heavy atom. The third-order valence-corrected chi connectivity index (χ3v) is 4.79. The van der Waals surface area contributed by atoms with Gasteiger partial charge in [-0.3, -0.25) is 9.52 Å². The van der Waals surface area contributed by atoms with E-state index in [4.69, 9.17) is 23.2 Å². The molecule has 2 N–H and O–H groups in total. The molecule has 0 unspecified atom stereocenters. The monoisotopic (exact) mass is 358 g/mol. The third-order valence-electron chi connectivity index (χ3n) is 2.66. The van der Waals surface area contributed by atoms with E-state index in [-0.39, 0.29) is 15.8 Å². The molecule has 0 atom stereocenters. The summed E-state index contributed by atoms with van der Waals surface area (Å²) >= 11 is 11.6. The van der Waals surface area contributed by atoms with Gasteiger partial charge in [0.25, 0.3) is 10.0 Å². The number of nitrogens with one attached hydrogen (secondary N) is 2. The van der Waals surface area contributed by atoms with Crippen molar-refractivity contribution in [2.45, 2.75) is 11.8 Å². The maximum absolute atomic E-state index is 12.3. The van der Waals surface area contributed by atoms with Crippen LogP contribution in [0.3, 0.4) is 0 Å². The highest BCUT2D eigenvalue weighted by Gasteiger charge is 2.14. The SMILES string of the molecule is CC(=O)Nc1ccc(S(=O)(=O)Nc2ccc(Cl)c(Cl)c2)cc1. The van der Waals surface area contributed by atoms with Crippen LogP contribution in [0.15, 0.2) is 47.4 Å². The predicted octanol–water partition coefficient (Wildman–Crippen LogP) is 3.75. The number of benzene rings is 2. The molecular formula is C14H12Cl2N2O3S. The quantitative estimate of drug-likeness (QED) is 0.873. The topological polar surface area (TPSA) is 75.3 Å². The van der Waals surface area contributed by atoms with Crippen LogP contribution < -0.4 is 10.0 Å². The van der Waals surface area contributed by atoms with Gasteiger partial charge in [0.15, 0.2) is 0 Å². The average Bonchev–Trinajstić information content (AvgIpc) is 2.42. The van der Waals surface area contributed by atoms with Crippen molar-refractivity contribution in [2.75, 3.05) is 10.0 Å². The van der Waals surface area contributed by atoms with Gasteiger partial charge in [-0.05, 0) is 42.5 Å². The predicted molar refractivity (Wildman–Crippen MR) is 88.0 cm³/mol. The largest absolute Gasteiger partial charge is 0.326 e. The van der Waals surface area contributed by atoms with Gasteiger partial charge in [-0.25, -0.2) is 8.42 Å². The van der Waals surface area contributed by atoms with E-state index in [0.717, 1.165) is 0 Å². The van der Waals surface area contributed by atoms with Gasteiger partial charge in [0.1, 0.15) is 0 Å². The number of rotatable bonds is 4. The molecule has 8 heteroatoms. The Morgan fingerprint density at radius 3 is 2.09 bits per heavy atom. The molecule has 2 rings (SSSR count). The summed E-state index contributed by atoms with van der Waals surface area (Å²) in [4.78, 5) is 11.0. The number of hydrogen-bond donors (Lipinski definition) is 2. The minimum Gasteiger partial charge on any atom is -0.326 e. The summed E-state index contributed by atoms with van der Waals surface area (Å²) in [6.07, 6.45) is 0. The van der Waals surface area contributed by atoms with Crippen LogP contribution in [-0.2, 0) is 14.8 Å². The number of hydrogen-bond acceptors (Lipinski definition) is 3. The van der Waals surface area contributed by atoms with Gasteiger partial charge in [-0.15, -0.1) is 0 Å². The second-order valence-electron chi connectivity index (χ2n) is 4.44. The molecule has 5 nitrogen and oxygen atoms in total. The van der Waals surface area contributed by atoms with E-state index in [1.807, 2.05) is 0 Å². The van der Waals surface area contributed by atoms with Crippen molar-refractivity contribution in [1.29, 1.82) is 0 Å². The molecule has 0 aliphatic heterocycles. The minimum atomic E-state index is -3.75. The first-order chi connectivity index (χ1) is 10.3. The first-order valence-corrected chi connectivity index (χ1v) is 8.37. The fourth-order valence-corrected chi connectivity index (χ4v) is 3.04. The molecule has 2 aromatic carbocycles. The van der Waals surface area contributed by atoms with Crippen LogP contribution in [0, 0.1) is 0 Å². The molecule has 0 fully saturated rings. The molecule has 0 spiro atoms. The highest BCUT2D eigenvalue weighted by Crippen LogP contribution is 2.26. The van der Waals surface area contributed by atoms with Crippen molar-refractivity contribution in [3.05, 3.63) is 52.5 Å². The zero-order valence-corrected chi connectivity index (χ0v) is 13.8. The van der Waals surface area contributed by atoms with E-state index in [1.54, 1.807) is 0 Å². The van der Waals surface area contributed by atoms with Gasteiger partial charge in [0.05, 0.1) is 20.6 Å². The van der Waals surface area contributed by atoms with Gasteiger partial charge < -0.3 is 5.32 Å². The van der Waals surface area contributed by atoms with E-state index in [1.165, 1.54) is 49.4 Å². The van der Waals surface area contributed by atoms with Crippen LogP contribution in [0.25, 0.3) is 0 Å². The third kappa shape index (κ3) is 4.13. The number of anilines is 2. The van der Waals surface area contributed by atoms with Crippen molar-refractivity contribution in [3.8, 4) is 0 Å². The van der Waals surface area contributed by atoms with E-state index in [0.29, 0.717) is 16.4 Å². The smallest absolute Gasteiger partial charge is 0.261 e. The Labute approximate surface area is 138 Å². The molecule has 0 saturated heterocycles. The van der Waals surface area contributed by atoms with E-state index >= 15 is 0 Å². The van der Waals surface area contributed by atoms with E-state index in [2.05, 4.69) is 10.0 Å². The Kier molecular flexibility index (Phi) is 4.95. The van der Waals surface area contributed by atoms with Crippen molar-refractivity contribution >= 4 is 50.5 Å². The number of carbonyl (C=O) groups excluding carboxylic acids is 1. The second kappa shape index (κ2) is 6.56. The van der Waals surface area contributed by atoms with Gasteiger partial charge in [0.2, 0.25) is 5.91 Å². The van der Waals surface area contributed by atoms with Gasteiger partial charge in [0, 0.05) is 12.6 Å². The molecule has 22 heavy (non-hydrogen) atoms. The highest BCUT2D eigenvalue weighted by molar-refractivity contribution is 7.92. The molecule has 0 radical (unpaired) electrons. The molecule has 0 aliphatic carbocycles. The lowest BCUT2D eigenvalue weighted by Crippen LogP contribution is -2.13. The van der Waals surface area contributed by atoms with Crippen LogP contribution in [0.5, 0.6) is 0 Å². The Balaban J connectivity index is 2.22. The minimum absolute atomic E-state index is 0.0627. The molecule has 0 aromatic heterocycles. The standard InChI is InChI=1S/C14H12Cl2N2O3S/c1-9(19)17-10-2-5-12(6-3-10)22(20,21)18-11-4-7-13(15)14(16)8-11/h2-8,18H,1H3,(H,17,19). The van der Waals surface area contributed by atoms with Crippen LogP contribution >= 0.6 is 23.2 Å². The molecule has 0 bridgehead atoms. The van der Waals surface area contributed by atoms with E-state index < -0.39 is 10.0 Å². The Bertz CT molecular complexity index is 805. The van der Waals surface area contributed by atoms with Crippen molar-refractivity contribution < 1.29 is 13.2 Å². The molecule has 116 valence electrons. The molecule has 1 amide bonds. The van der Waals surface area contributed by atoms with Crippen LogP contribution in [0.4, 0.5) is 11.4 Å². The number of halogens is 2. The lowest BCUT2D eigenvalue weighted by Gasteiger charge is -2.09. The summed E-state index contributed by atoms with van der Waals surface area (Å²) in [6.45, 7) is 1.37. The molecular weight excluding hydrogens is 347 g/mol. The van der Waals surface area contributed by atoms with Gasteiger partial charge in [-0.1, -0.05) is 23.2 Å². The lowest BCUT2D eigenvalue weighted by molar-refractivity contribution is -0.114. The Morgan fingerprint density at radius 2 is 1.55 bits per heavy atom. The molecule has 0 saturated carbocycles. The van der Waals surface area contributed by atoms with Crippen LogP contribution in [0.2, 0.25) is 10.0 Å². The highest BCUT2D eigenvalue weighted by atomic mass is 35.5. The number of carbonyl (C=O) groups is 1. The van der Waals surface area contributed by atoms with Gasteiger partial charge >= 0.3 is 0 Å². The fraction of sp³-hybridized carbons (Fsp3) is 0.0714. The summed E-state index contributed by atoms with van der Waals surface area (Å²) < 4.78 is 26.9. The van der Waals surface area contributed by atoms with Gasteiger partial charge in [-0.2, -0.15) is 0 Å². The number of sulfonamides is 1. The van der Waals surface area contributed by atoms with Crippen LogP contribution in [-0.4, -0.2) is 14.3 Å². The lowest BCUT2D eigenvalue weighted by atomic mass is 10.3. The van der Waals surface area contributed by atoms with Crippen LogP contribution in [0.1, 0.15) is 6.92 Å². The van der Waals surface area contributed by atoms with E-state index in [9.17, 15) is 13.2 Å². The zero-order valence-electron chi connectivity index (χ0n) is 11.4. The first kappa shape index (κ1) is 16.6. The molecule has 0 heterocycles. The summed E-state index contributed by atoms with van der Waals surface area (Å²) in [5.74, 6) is -0.232. The molecule has 0 aliphatic rings. The summed E-state index contributed by atoms with van der Waals surface area (Å²) in [6, 6.07) is 10.2.